The topological polar surface area (TPSA) is 59.1 Å². The van der Waals surface area contributed by atoms with Gasteiger partial charge in [0, 0.05) is 11.1 Å². The van der Waals surface area contributed by atoms with Gasteiger partial charge in [0.25, 0.3) is 0 Å². The van der Waals surface area contributed by atoms with E-state index in [1.54, 1.807) is 19.9 Å². The molecule has 1 fully saturated rings. The fourth-order valence-corrected chi connectivity index (χ4v) is 3.66. The monoisotopic (exact) mass is 332 g/mol. The average molecular weight is 332 g/mol. The molecule has 0 saturated carbocycles. The molecule has 0 aromatic rings. The molecule has 132 valence electrons. The summed E-state index contributed by atoms with van der Waals surface area (Å²) in [6.07, 6.45) is 9.28. The summed E-state index contributed by atoms with van der Waals surface area (Å²) in [4.78, 5) is 11.9. The average Bonchev–Trinajstić information content (AvgIpc) is 3.06. The van der Waals surface area contributed by atoms with Crippen molar-refractivity contribution in [1.29, 1.82) is 0 Å². The van der Waals surface area contributed by atoms with Gasteiger partial charge in [-0.3, -0.25) is 0 Å². The summed E-state index contributed by atoms with van der Waals surface area (Å²) in [5, 5.41) is 10.7. The van der Waals surface area contributed by atoms with Crippen LogP contribution in [0.25, 0.3) is 0 Å². The largest absolute Gasteiger partial charge is 0.423 e. The minimum Gasteiger partial charge on any atom is -0.423 e. The van der Waals surface area contributed by atoms with Crippen molar-refractivity contribution < 1.29 is 19.4 Å². The molecule has 3 atom stereocenters. The maximum atomic E-state index is 11.9. The summed E-state index contributed by atoms with van der Waals surface area (Å²) in [5.74, 6) is 0.239. The molecule has 0 radical (unpaired) electrons. The minimum atomic E-state index is -1.01. The Morgan fingerprint density at radius 3 is 2.71 bits per heavy atom. The molecule has 2 heterocycles. The first-order valence-corrected chi connectivity index (χ1v) is 8.91. The van der Waals surface area contributed by atoms with E-state index in [0.717, 1.165) is 37.7 Å². The van der Waals surface area contributed by atoms with Crippen LogP contribution in [0.1, 0.15) is 66.2 Å². The molecule has 0 aromatic carbocycles. The second-order valence-electron chi connectivity index (χ2n) is 7.91. The Balaban J connectivity index is 1.87. The summed E-state index contributed by atoms with van der Waals surface area (Å²) in [5.41, 5.74) is 1.85. The van der Waals surface area contributed by atoms with E-state index in [1.165, 1.54) is 5.57 Å². The van der Waals surface area contributed by atoms with Crippen LogP contribution in [0.3, 0.4) is 0 Å². The van der Waals surface area contributed by atoms with Gasteiger partial charge in [0.05, 0.1) is 17.3 Å². The van der Waals surface area contributed by atoms with E-state index in [-0.39, 0.29) is 17.7 Å². The zero-order chi connectivity index (χ0) is 17.5. The van der Waals surface area contributed by atoms with Gasteiger partial charge in [0.2, 0.25) is 0 Å². The van der Waals surface area contributed by atoms with Gasteiger partial charge >= 0.3 is 5.97 Å². The fourth-order valence-electron chi connectivity index (χ4n) is 3.66. The summed E-state index contributed by atoms with van der Waals surface area (Å²) in [6.45, 7) is 7.87. The van der Waals surface area contributed by atoms with Crippen molar-refractivity contribution in [3.8, 4) is 0 Å². The van der Waals surface area contributed by atoms with Crippen molar-refractivity contribution >= 4 is 5.97 Å². The van der Waals surface area contributed by atoms with Gasteiger partial charge in [0.15, 0.2) is 0 Å². The van der Waals surface area contributed by atoms with E-state index < -0.39 is 5.60 Å². The number of aliphatic hydroxyl groups is 1. The molecule has 2 aliphatic heterocycles. The third-order valence-corrected chi connectivity index (χ3v) is 5.55. The normalized spacial score (nSPS) is 42.0. The molecule has 1 saturated heterocycles. The Morgan fingerprint density at radius 1 is 1.21 bits per heavy atom. The van der Waals surface area contributed by atoms with Crippen LogP contribution in [-0.4, -0.2) is 28.4 Å². The Kier molecular flexibility index (Phi) is 4.47. The second kappa shape index (κ2) is 6.16. The highest BCUT2D eigenvalue weighted by molar-refractivity contribution is 5.93. The van der Waals surface area contributed by atoms with Crippen LogP contribution in [0.2, 0.25) is 0 Å². The number of esters is 1. The minimum absolute atomic E-state index is 0.0500. The quantitative estimate of drug-likeness (QED) is 0.414. The molecule has 0 unspecified atom stereocenters. The van der Waals surface area contributed by atoms with Crippen molar-refractivity contribution in [1.82, 2.24) is 0 Å². The maximum Gasteiger partial charge on any atom is 0.339 e. The highest BCUT2D eigenvalue weighted by Gasteiger charge is 2.51. The first kappa shape index (κ1) is 17.4. The number of ether oxygens (including phenoxy) is 2. The number of epoxide rings is 1. The molecule has 0 bridgehead atoms. The lowest BCUT2D eigenvalue weighted by molar-refractivity contribution is -0.133. The predicted octanol–water partition coefficient (Wildman–Crippen LogP) is 3.95. The highest BCUT2D eigenvalue weighted by atomic mass is 16.6. The SMILES string of the molecule is CC1=C2CC/C(C)=C/CC[C@@]3(C)O[C@@H]3CC[C@](C)(O)/C=C\2OC1=O. The number of carbonyl (C=O) groups excluding carboxylic acids is 1. The molecule has 4 heteroatoms. The smallest absolute Gasteiger partial charge is 0.339 e. The summed E-state index contributed by atoms with van der Waals surface area (Å²) in [7, 11) is 0. The van der Waals surface area contributed by atoms with E-state index in [1.807, 2.05) is 0 Å². The number of hydrogen-bond acceptors (Lipinski definition) is 4. The lowest BCUT2D eigenvalue weighted by Gasteiger charge is -2.20. The number of allylic oxidation sites excluding steroid dienone is 3. The zero-order valence-corrected chi connectivity index (χ0v) is 15.1. The predicted molar refractivity (Wildman–Crippen MR) is 92.2 cm³/mol. The van der Waals surface area contributed by atoms with Crippen LogP contribution in [0, 0.1) is 0 Å². The molecule has 1 N–H and O–H groups in total. The van der Waals surface area contributed by atoms with Crippen molar-refractivity contribution in [2.45, 2.75) is 83.5 Å². The second-order valence-corrected chi connectivity index (χ2v) is 7.91. The van der Waals surface area contributed by atoms with Gasteiger partial charge < -0.3 is 14.6 Å². The van der Waals surface area contributed by atoms with E-state index in [2.05, 4.69) is 19.9 Å². The van der Waals surface area contributed by atoms with Crippen LogP contribution < -0.4 is 0 Å². The third kappa shape index (κ3) is 3.65. The van der Waals surface area contributed by atoms with E-state index in [9.17, 15) is 9.90 Å². The van der Waals surface area contributed by atoms with Crippen LogP contribution >= 0.6 is 0 Å². The lowest BCUT2D eigenvalue weighted by Crippen LogP contribution is -2.23. The first-order valence-electron chi connectivity index (χ1n) is 8.91. The number of carbonyl (C=O) groups is 1. The number of hydrogen-bond donors (Lipinski definition) is 1. The van der Waals surface area contributed by atoms with Crippen LogP contribution in [-0.2, 0) is 14.3 Å². The molecule has 0 spiro atoms. The van der Waals surface area contributed by atoms with Crippen molar-refractivity contribution in [3.05, 3.63) is 34.6 Å². The van der Waals surface area contributed by atoms with E-state index in [4.69, 9.17) is 9.47 Å². The Bertz CT molecular complexity index is 638. The Labute approximate surface area is 144 Å². The third-order valence-electron chi connectivity index (χ3n) is 5.55. The standard InChI is InChI=1S/C20H28O4/c1-13-6-5-10-20(4)17(24-20)9-11-19(3,22)12-16-15(8-7-13)14(2)18(21)23-16/h6,12,17,22H,5,7-11H2,1-4H3/b13-6+,16-12+/t17-,19+,20-/m1/s1. The summed E-state index contributed by atoms with van der Waals surface area (Å²) in [6, 6.07) is 0. The zero-order valence-electron chi connectivity index (χ0n) is 15.1. The highest BCUT2D eigenvalue weighted by Crippen LogP contribution is 2.44. The van der Waals surface area contributed by atoms with Crippen molar-refractivity contribution in [2.24, 2.45) is 0 Å². The van der Waals surface area contributed by atoms with E-state index >= 15 is 0 Å². The molecule has 3 rings (SSSR count). The number of fused-ring (bicyclic) bond motifs is 2. The van der Waals surface area contributed by atoms with Gasteiger partial charge in [-0.25, -0.2) is 4.79 Å². The molecular formula is C20H28O4. The van der Waals surface area contributed by atoms with Crippen molar-refractivity contribution in [2.75, 3.05) is 0 Å². The van der Waals surface area contributed by atoms with Crippen LogP contribution in [0.15, 0.2) is 34.6 Å². The molecule has 4 nitrogen and oxygen atoms in total. The lowest BCUT2D eigenvalue weighted by atomic mass is 9.90. The van der Waals surface area contributed by atoms with Gasteiger partial charge in [-0.1, -0.05) is 11.6 Å². The molecule has 0 aromatic heterocycles. The van der Waals surface area contributed by atoms with Gasteiger partial charge in [-0.15, -0.1) is 0 Å². The first-order chi connectivity index (χ1) is 11.2. The van der Waals surface area contributed by atoms with E-state index in [0.29, 0.717) is 17.8 Å². The summed E-state index contributed by atoms with van der Waals surface area (Å²) >= 11 is 0. The van der Waals surface area contributed by atoms with Crippen LogP contribution in [0.5, 0.6) is 0 Å². The molecule has 0 amide bonds. The van der Waals surface area contributed by atoms with Gasteiger partial charge in [-0.2, -0.15) is 0 Å². The Morgan fingerprint density at radius 2 is 1.96 bits per heavy atom. The molecule has 24 heavy (non-hydrogen) atoms. The molecule has 1 aliphatic carbocycles. The van der Waals surface area contributed by atoms with Crippen molar-refractivity contribution in [3.63, 3.8) is 0 Å². The fraction of sp³-hybridized carbons (Fsp3) is 0.650. The molecule has 3 aliphatic rings. The number of rotatable bonds is 0. The van der Waals surface area contributed by atoms with Crippen LogP contribution in [0.4, 0.5) is 0 Å². The maximum absolute atomic E-state index is 11.9. The summed E-state index contributed by atoms with van der Waals surface area (Å²) < 4.78 is 11.3. The molecular weight excluding hydrogens is 304 g/mol. The Hall–Kier alpha value is -1.39. The van der Waals surface area contributed by atoms with Gasteiger partial charge in [-0.05, 0) is 72.3 Å². The van der Waals surface area contributed by atoms with Gasteiger partial charge in [0.1, 0.15) is 5.76 Å².